The molecule has 146 heavy (non-hydrogen) atoms. The molecule has 5 saturated carbocycles. The van der Waals surface area contributed by atoms with Crippen molar-refractivity contribution < 1.29 is 84.6 Å². The fourth-order valence-electron chi connectivity index (χ4n) is 38.6. The van der Waals surface area contributed by atoms with Gasteiger partial charge in [0.1, 0.15) is 5.71 Å². The highest BCUT2D eigenvalue weighted by atomic mass is 16.5. The van der Waals surface area contributed by atoms with Crippen LogP contribution in [0.25, 0.3) is 0 Å². The third kappa shape index (κ3) is 9.92. The van der Waals surface area contributed by atoms with Crippen LogP contribution < -0.4 is 28.4 Å². The minimum Gasteiger partial charge on any atom is -0.504 e. The van der Waals surface area contributed by atoms with Gasteiger partial charge in [-0.1, -0.05) is 54.6 Å². The predicted octanol–water partition coefficient (Wildman–Crippen LogP) is 11.6. The summed E-state index contributed by atoms with van der Waals surface area (Å²) >= 11 is 0. The van der Waals surface area contributed by atoms with E-state index in [-0.39, 0.29) is 82.1 Å². The number of aromatic hydroxyl groups is 6. The highest BCUT2D eigenvalue weighted by Gasteiger charge is 2.82. The fraction of sp³-hybridized carbons (Fsp3) is 0.563. The fourth-order valence-corrected chi connectivity index (χ4v) is 38.6. The average Bonchev–Trinajstić information content (AvgIpc) is 1.46. The van der Waals surface area contributed by atoms with Crippen molar-refractivity contribution in [3.05, 3.63) is 222 Å². The van der Waals surface area contributed by atoms with Crippen molar-refractivity contribution in [2.75, 3.05) is 78.5 Å². The zero-order chi connectivity index (χ0) is 97.5. The van der Waals surface area contributed by atoms with Crippen molar-refractivity contribution >= 4 is 11.4 Å². The Labute approximate surface area is 846 Å². The third-order valence-corrected chi connectivity index (χ3v) is 45.1. The van der Waals surface area contributed by atoms with Crippen LogP contribution in [0, 0.1) is 29.6 Å². The molecule has 28 aliphatic rings. The second-order valence-electron chi connectivity index (χ2n) is 50.8. The largest absolute Gasteiger partial charge is 0.504 e. The first-order valence-electron chi connectivity index (χ1n) is 55.4. The van der Waals surface area contributed by atoms with Gasteiger partial charge in [0.2, 0.25) is 0 Å². The van der Waals surface area contributed by atoms with Gasteiger partial charge in [-0.3, -0.25) is 29.4 Å². The molecule has 16 aliphatic carbocycles. The van der Waals surface area contributed by atoms with E-state index in [9.17, 15) is 56.2 Å². The molecule has 6 spiro atoms. The molecule has 756 valence electrons. The summed E-state index contributed by atoms with van der Waals surface area (Å²) in [7, 11) is 2.13. The SMILES string of the molecule is C=CCN1CC[C@]23c4c5ccc(O)c4O[C@H]2/C(=N/N=C2\CC[C@@]4(O)[C@H]6Cc7ccc(O)c8c7[C@@]4(CCN6CC=C)[C@H]2O8)C=C[C@H]3[C@H]1C5.Cn1c2c(c3c1[C@@H]1Oc4c(O)ccc5c4[C@@]14CCN(CC1CC1)[C@H](C5)[C@]4(O)C3)C[C@@]1(O)C3Cc4ccc(O)c5c4[C@@]1(CCN3CC1CC1)[C@H]2O5.Oc1ccc2c3c1O[C@H]1c4[nH]c5c(c4C[C@@]4(O)C(C2)N(CC2CC2)CC[C@]314)C[C@@]1(O)[C@H]2Cc3ccc(O)c4c3[C@@]1(CCN2CC1CC1)[C@H]5O4. The van der Waals surface area contributed by atoms with Crippen molar-refractivity contribution in [1.29, 1.82) is 0 Å². The van der Waals surface area contributed by atoms with Gasteiger partial charge in [-0.05, 0) is 296 Å². The standard InChI is InChI=1S/C41H45N3O6.C40H43N3O6.C38H40N4O5/c1-42-32-24(16-40(47)28-14-22-6-8-26(45)34-30(22)38(40,36(32)49-34)10-12-43(28)18-20-2-3-20)25-17-41(48)29-15-23-7-9-27(46)35-31(23)39(41,37(50-35)33(25)42)11-13-44(29)19-21-4-5-21;44-25-7-5-21-13-27-39(46)15-23-24-16-40(47)28-14-22-6-8-26(45)34-30(22)38(40,10-12-43(28)18-20-3-4-20)36(49-34)32(24)41-31(23)35-37(39,29(21)33(25)48-35)9-11-42(27)17-19-1-2-19;1-3-15-41-17-13-36-23-7-8-24(34(36)46-32-27(43)9-5-21(30(32)36)19-26(23)41)39-40-25-11-12-38(45)29-20-22-6-10-28(44)33-31(22)37(38,35(25)47-33)14-18-42(29)16-4-2/h6-9,20-21,28-29,36-37,45-48H,2-5,10-19H2,1H3;5-8,19-20,27-28,35-36,41,44-47H,1-4,9-18H2;3-10,23,26,29,34-35,43-45H,1-2,11-20H2/b;;39-24+,40-25+/t28-,29?,36+,37+,38+,39+,40-,41-;27-,28?,35+,36+,37+,38+,39-,40-;23-,26+,29+,34-,35-,36-,37-,38+/m110/s1. The average molecular weight is 1970 g/mol. The number of fused-ring (bicyclic) bond motifs is 10. The number of hydrogen-bond donors (Lipinski definition) is 12. The number of piperidine rings is 6. The number of aromatic amines is 1. The summed E-state index contributed by atoms with van der Waals surface area (Å²) in [6.07, 6.45) is 27.8. The van der Waals surface area contributed by atoms with Crippen molar-refractivity contribution in [1.82, 2.24) is 39.0 Å². The van der Waals surface area contributed by atoms with Crippen molar-refractivity contribution in [2.45, 2.75) is 300 Å². The van der Waals surface area contributed by atoms with E-state index in [2.05, 4.69) is 102 Å². The van der Waals surface area contributed by atoms with E-state index in [4.69, 9.17) is 38.6 Å². The maximum atomic E-state index is 13.6. The van der Waals surface area contributed by atoms with E-state index >= 15 is 0 Å². The smallest absolute Gasteiger partial charge is 0.166 e. The monoisotopic (exact) mass is 1970 g/mol. The van der Waals surface area contributed by atoms with E-state index < -0.39 is 85.6 Å². The molecule has 8 aromatic rings. The number of nitrogens with one attached hydrogen (secondary N) is 1. The molecule has 36 rings (SSSR count). The van der Waals surface area contributed by atoms with Crippen LogP contribution in [0.3, 0.4) is 0 Å². The number of phenols is 6. The van der Waals surface area contributed by atoms with Crippen LogP contribution in [0.15, 0.2) is 120 Å². The molecule has 12 bridgehead atoms. The van der Waals surface area contributed by atoms with Crippen molar-refractivity contribution in [3.8, 4) is 69.0 Å². The van der Waals surface area contributed by atoms with Crippen LogP contribution in [0.1, 0.15) is 239 Å². The lowest BCUT2D eigenvalue weighted by Crippen LogP contribution is -2.76. The van der Waals surface area contributed by atoms with Gasteiger partial charge in [-0.2, -0.15) is 10.2 Å². The first-order chi connectivity index (χ1) is 70.8. The van der Waals surface area contributed by atoms with Gasteiger partial charge < -0.3 is 94.1 Å². The Hall–Kier alpha value is -10.4. The number of benzene rings is 6. The van der Waals surface area contributed by atoms with Gasteiger partial charge in [0.05, 0.1) is 89.0 Å². The lowest BCUT2D eigenvalue weighted by molar-refractivity contribution is -0.176. The number of likely N-dealkylation sites (tertiary alicyclic amines) is 6. The van der Waals surface area contributed by atoms with E-state index in [0.717, 1.165) is 232 Å². The van der Waals surface area contributed by atoms with Crippen LogP contribution in [0.5, 0.6) is 69.0 Å². The number of H-pyrrole nitrogens is 1. The number of aliphatic hydroxyl groups is 5. The summed E-state index contributed by atoms with van der Waals surface area (Å²) < 4.78 is 43.6. The molecule has 0 amide bonds. The highest BCUT2D eigenvalue weighted by Crippen LogP contribution is 2.79. The molecule has 27 heteroatoms. The Morgan fingerprint density at radius 3 is 1.07 bits per heavy atom. The summed E-state index contributed by atoms with van der Waals surface area (Å²) in [5.74, 6) is 7.16. The zero-order valence-electron chi connectivity index (χ0n) is 82.7. The van der Waals surface area contributed by atoms with E-state index in [1.165, 1.54) is 79.2 Å². The van der Waals surface area contributed by atoms with Crippen LogP contribution >= 0.6 is 0 Å². The topological polar surface area (TPSA) is 343 Å². The zero-order valence-corrected chi connectivity index (χ0v) is 82.7. The molecule has 6 aromatic carbocycles. The Balaban J connectivity index is 0.0000000941. The second kappa shape index (κ2) is 28.1. The number of phenolic OH excluding ortho intramolecular Hbond substituents is 6. The Morgan fingerprint density at radius 2 is 0.678 bits per heavy atom. The highest BCUT2D eigenvalue weighted by molar-refractivity contribution is 6.04. The minimum atomic E-state index is -1.10. The quantitative estimate of drug-likeness (QED) is 0.0377. The molecular formula is C119H128N10O17. The molecular weight excluding hydrogens is 1840 g/mol. The maximum Gasteiger partial charge on any atom is 0.166 e. The van der Waals surface area contributed by atoms with Crippen LogP contribution in [0.4, 0.5) is 0 Å². The van der Waals surface area contributed by atoms with E-state index in [1.807, 2.05) is 18.2 Å². The Bertz CT molecular complexity index is 7090. The summed E-state index contributed by atoms with van der Waals surface area (Å²) in [6, 6.07) is 22.9. The van der Waals surface area contributed by atoms with Crippen LogP contribution in [0.2, 0.25) is 0 Å². The molecule has 11 fully saturated rings. The number of ether oxygens (including phenoxy) is 6. The minimum absolute atomic E-state index is 0.0532. The number of nitrogens with zero attached hydrogens (tertiary/aromatic N) is 9. The van der Waals surface area contributed by atoms with E-state index in [0.29, 0.717) is 122 Å². The molecule has 6 saturated heterocycles. The summed E-state index contributed by atoms with van der Waals surface area (Å²) in [4.78, 5) is 19.1. The lowest BCUT2D eigenvalue weighted by Gasteiger charge is -2.63. The number of rotatable bonds is 13. The Morgan fingerprint density at radius 1 is 0.356 bits per heavy atom. The van der Waals surface area contributed by atoms with Crippen LogP contribution in [-0.4, -0.2) is 262 Å². The van der Waals surface area contributed by atoms with Gasteiger partial charge in [0, 0.05) is 154 Å². The van der Waals surface area contributed by atoms with Crippen molar-refractivity contribution in [2.24, 2.45) is 46.8 Å². The lowest BCUT2D eigenvalue weighted by atomic mass is 9.47. The first-order valence-corrected chi connectivity index (χ1v) is 55.4. The molecule has 24 atom stereocenters. The summed E-state index contributed by atoms with van der Waals surface area (Å²) in [6.45, 7) is 19.0. The van der Waals surface area contributed by atoms with Crippen LogP contribution in [-0.2, 0) is 104 Å². The number of aromatic nitrogens is 2. The molecule has 2 unspecified atom stereocenters. The van der Waals surface area contributed by atoms with Crippen molar-refractivity contribution in [3.63, 3.8) is 0 Å². The van der Waals surface area contributed by atoms with Gasteiger partial charge >= 0.3 is 0 Å². The normalized spacial score (nSPS) is 40.7. The first kappa shape index (κ1) is 86.4. The van der Waals surface area contributed by atoms with Gasteiger partial charge in [-0.15, -0.1) is 13.2 Å². The van der Waals surface area contributed by atoms with E-state index in [1.54, 1.807) is 36.4 Å². The summed E-state index contributed by atoms with van der Waals surface area (Å²) in [5.41, 5.74) is 14.1. The molecule has 12 N–H and O–H groups in total. The number of hydrogen-bond acceptors (Lipinski definition) is 25. The van der Waals surface area contributed by atoms with Gasteiger partial charge in [0.25, 0.3) is 0 Å². The molecule has 14 heterocycles. The summed E-state index contributed by atoms with van der Waals surface area (Å²) in [5, 5.41) is 144. The molecule has 0 radical (unpaired) electrons. The predicted molar refractivity (Wildman–Crippen MR) is 537 cm³/mol. The Kier molecular flexibility index (Phi) is 16.6. The third-order valence-electron chi connectivity index (χ3n) is 45.1. The van der Waals surface area contributed by atoms with Gasteiger partial charge in [-0.25, -0.2) is 0 Å². The molecule has 27 nitrogen and oxygen atoms in total. The second-order valence-corrected chi connectivity index (χ2v) is 50.8. The maximum absolute atomic E-state index is 13.6. The molecule has 2 aromatic heterocycles. The van der Waals surface area contributed by atoms with Gasteiger partial charge in [0.15, 0.2) is 106 Å². The molecule has 12 aliphatic heterocycles.